The van der Waals surface area contributed by atoms with E-state index in [1.165, 1.54) is 0 Å². The molecule has 0 aliphatic carbocycles. The van der Waals surface area contributed by atoms with Crippen molar-refractivity contribution in [1.29, 1.82) is 0 Å². The lowest BCUT2D eigenvalue weighted by Gasteiger charge is -2.24. The van der Waals surface area contributed by atoms with Crippen molar-refractivity contribution in [3.8, 4) is 0 Å². The Kier molecular flexibility index (Phi) is 3.63. The van der Waals surface area contributed by atoms with Crippen molar-refractivity contribution in [2.24, 2.45) is 5.92 Å². The van der Waals surface area contributed by atoms with Gasteiger partial charge in [-0.3, -0.25) is 14.9 Å². The van der Waals surface area contributed by atoms with E-state index in [0.29, 0.717) is 30.6 Å². The van der Waals surface area contributed by atoms with Gasteiger partial charge in [0, 0.05) is 24.7 Å². The summed E-state index contributed by atoms with van der Waals surface area (Å²) in [4.78, 5) is 25.2. The molecule has 2 aliphatic heterocycles. The third kappa shape index (κ3) is 2.51. The third-order valence-electron chi connectivity index (χ3n) is 4.54. The van der Waals surface area contributed by atoms with Crippen LogP contribution in [0.5, 0.6) is 0 Å². The zero-order valence-corrected chi connectivity index (χ0v) is 12.0. The van der Waals surface area contributed by atoms with Crippen LogP contribution < -0.4 is 5.32 Å². The Morgan fingerprint density at radius 3 is 2.95 bits per heavy atom. The molecule has 6 nitrogen and oxygen atoms in total. The molecule has 0 aromatic heterocycles. The van der Waals surface area contributed by atoms with E-state index < -0.39 is 4.92 Å². The average Bonchev–Trinajstić information content (AvgIpc) is 2.89. The van der Waals surface area contributed by atoms with E-state index in [1.807, 2.05) is 0 Å². The lowest BCUT2D eigenvalue weighted by Crippen LogP contribution is -2.41. The van der Waals surface area contributed by atoms with E-state index in [4.69, 9.17) is 0 Å². The molecular formula is C15H19N3O3. The Bertz CT molecular complexity index is 574. The largest absolute Gasteiger partial charge is 0.337 e. The first-order chi connectivity index (χ1) is 10.1. The second-order valence-corrected chi connectivity index (χ2v) is 5.90. The van der Waals surface area contributed by atoms with Gasteiger partial charge in [-0.25, -0.2) is 0 Å². The average molecular weight is 289 g/mol. The van der Waals surface area contributed by atoms with Crippen LogP contribution in [0.3, 0.4) is 0 Å². The highest BCUT2D eigenvalue weighted by atomic mass is 16.6. The van der Waals surface area contributed by atoms with E-state index in [0.717, 1.165) is 19.4 Å². The van der Waals surface area contributed by atoms with E-state index >= 15 is 0 Å². The molecular weight excluding hydrogens is 270 g/mol. The maximum Gasteiger partial charge on any atom is 0.285 e. The molecule has 6 heteroatoms. The van der Waals surface area contributed by atoms with Crippen molar-refractivity contribution in [3.05, 3.63) is 39.4 Å². The molecule has 0 spiro atoms. The summed E-state index contributed by atoms with van der Waals surface area (Å²) < 4.78 is 0. The zero-order chi connectivity index (χ0) is 15.0. The summed E-state index contributed by atoms with van der Waals surface area (Å²) in [6.07, 6.45) is 2.26. The number of aryl methyl sites for hydroxylation is 1. The van der Waals surface area contributed by atoms with Gasteiger partial charge in [0.05, 0.1) is 4.92 Å². The molecule has 2 atom stereocenters. The van der Waals surface area contributed by atoms with Gasteiger partial charge in [0.2, 0.25) is 0 Å². The normalized spacial score (nSPS) is 24.7. The second-order valence-electron chi connectivity index (χ2n) is 5.90. The maximum atomic E-state index is 12.7. The standard InChI is InChI=1S/C15H19N3O3/c1-10-4-2-6-12(14(10)18(20)21)15(19)17-8-11-5-3-7-16-13(11)9-17/h2,4,6,11,13,16H,3,5,7-9H2,1H3. The molecule has 112 valence electrons. The van der Waals surface area contributed by atoms with Crippen LogP contribution in [0.25, 0.3) is 0 Å². The fourth-order valence-electron chi connectivity index (χ4n) is 3.46. The van der Waals surface area contributed by atoms with Crippen molar-refractivity contribution in [3.63, 3.8) is 0 Å². The summed E-state index contributed by atoms with van der Waals surface area (Å²) in [6.45, 7) is 4.00. The number of hydrogen-bond donors (Lipinski definition) is 1. The van der Waals surface area contributed by atoms with Gasteiger partial charge in [-0.2, -0.15) is 0 Å². The molecule has 2 saturated heterocycles. The molecule has 1 aromatic carbocycles. The van der Waals surface area contributed by atoms with Gasteiger partial charge < -0.3 is 10.2 Å². The number of likely N-dealkylation sites (tertiary alicyclic amines) is 1. The molecule has 21 heavy (non-hydrogen) atoms. The van der Waals surface area contributed by atoms with Crippen molar-refractivity contribution in [2.75, 3.05) is 19.6 Å². The topological polar surface area (TPSA) is 75.5 Å². The second kappa shape index (κ2) is 5.44. The van der Waals surface area contributed by atoms with Crippen molar-refractivity contribution >= 4 is 11.6 Å². The number of rotatable bonds is 2. The lowest BCUT2D eigenvalue weighted by atomic mass is 9.94. The van der Waals surface area contributed by atoms with Gasteiger partial charge in [-0.15, -0.1) is 0 Å². The van der Waals surface area contributed by atoms with Gasteiger partial charge in [0.1, 0.15) is 5.56 Å². The zero-order valence-electron chi connectivity index (χ0n) is 12.0. The van der Waals surface area contributed by atoms with Crippen LogP contribution in [-0.2, 0) is 0 Å². The fraction of sp³-hybridized carbons (Fsp3) is 0.533. The highest BCUT2D eigenvalue weighted by Crippen LogP contribution is 2.29. The minimum atomic E-state index is -0.454. The molecule has 2 fully saturated rings. The number of carbonyl (C=O) groups excluding carboxylic acids is 1. The molecule has 3 rings (SSSR count). The summed E-state index contributed by atoms with van der Waals surface area (Å²) >= 11 is 0. The number of nitrogens with one attached hydrogen (secondary N) is 1. The van der Waals surface area contributed by atoms with Crippen LogP contribution in [0.2, 0.25) is 0 Å². The van der Waals surface area contributed by atoms with Gasteiger partial charge >= 0.3 is 0 Å². The van der Waals surface area contributed by atoms with E-state index in [9.17, 15) is 14.9 Å². The number of fused-ring (bicyclic) bond motifs is 1. The number of nitro benzene ring substituents is 1. The molecule has 2 aliphatic rings. The monoisotopic (exact) mass is 289 g/mol. The Labute approximate surface area is 123 Å². The number of nitro groups is 1. The molecule has 0 radical (unpaired) electrons. The van der Waals surface area contributed by atoms with Crippen molar-refractivity contribution in [2.45, 2.75) is 25.8 Å². The first-order valence-corrected chi connectivity index (χ1v) is 7.34. The number of carbonyl (C=O) groups is 1. The first-order valence-electron chi connectivity index (χ1n) is 7.34. The smallest absolute Gasteiger partial charge is 0.285 e. The lowest BCUT2D eigenvalue weighted by molar-refractivity contribution is -0.385. The van der Waals surface area contributed by atoms with Crippen LogP contribution >= 0.6 is 0 Å². The molecule has 1 N–H and O–H groups in total. The number of piperidine rings is 1. The van der Waals surface area contributed by atoms with Crippen LogP contribution in [0.4, 0.5) is 5.69 Å². The van der Waals surface area contributed by atoms with Crippen LogP contribution in [0, 0.1) is 23.0 Å². The summed E-state index contributed by atoms with van der Waals surface area (Å²) in [5.74, 6) is 0.258. The fourth-order valence-corrected chi connectivity index (χ4v) is 3.46. The van der Waals surface area contributed by atoms with Crippen LogP contribution in [0.15, 0.2) is 18.2 Å². The van der Waals surface area contributed by atoms with Gasteiger partial charge in [-0.1, -0.05) is 12.1 Å². The van der Waals surface area contributed by atoms with Crippen LogP contribution in [-0.4, -0.2) is 41.4 Å². The van der Waals surface area contributed by atoms with E-state index in [1.54, 1.807) is 30.0 Å². The van der Waals surface area contributed by atoms with Gasteiger partial charge in [-0.05, 0) is 38.3 Å². The quantitative estimate of drug-likeness (QED) is 0.664. The number of benzene rings is 1. The summed E-state index contributed by atoms with van der Waals surface area (Å²) in [5.41, 5.74) is 0.671. The number of para-hydroxylation sites is 1. The third-order valence-corrected chi connectivity index (χ3v) is 4.54. The summed E-state index contributed by atoms with van der Waals surface area (Å²) in [7, 11) is 0. The minimum Gasteiger partial charge on any atom is -0.337 e. The summed E-state index contributed by atoms with van der Waals surface area (Å²) in [5, 5.41) is 14.7. The highest BCUT2D eigenvalue weighted by Gasteiger charge is 2.38. The Balaban J connectivity index is 1.86. The predicted octanol–water partition coefficient (Wildman–Crippen LogP) is 1.73. The molecule has 1 amide bonds. The minimum absolute atomic E-state index is 0.0645. The van der Waals surface area contributed by atoms with Gasteiger partial charge in [0.15, 0.2) is 0 Å². The molecule has 2 unspecified atom stereocenters. The molecule has 0 bridgehead atoms. The van der Waals surface area contributed by atoms with Gasteiger partial charge in [0.25, 0.3) is 11.6 Å². The Morgan fingerprint density at radius 1 is 1.43 bits per heavy atom. The number of hydrogen-bond acceptors (Lipinski definition) is 4. The molecule has 1 aromatic rings. The number of nitrogens with zero attached hydrogens (tertiary/aromatic N) is 2. The van der Waals surface area contributed by atoms with Crippen LogP contribution in [0.1, 0.15) is 28.8 Å². The number of amides is 1. The predicted molar refractivity (Wildman–Crippen MR) is 78.3 cm³/mol. The SMILES string of the molecule is Cc1cccc(C(=O)N2CC3CCCNC3C2)c1[N+](=O)[O-]. The maximum absolute atomic E-state index is 12.7. The Hall–Kier alpha value is -1.95. The first kappa shape index (κ1) is 14.0. The van der Waals surface area contributed by atoms with Crippen molar-refractivity contribution in [1.82, 2.24) is 10.2 Å². The molecule has 0 saturated carbocycles. The van der Waals surface area contributed by atoms with E-state index in [-0.39, 0.29) is 17.2 Å². The molecule has 2 heterocycles. The highest BCUT2D eigenvalue weighted by molar-refractivity contribution is 5.98. The Morgan fingerprint density at radius 2 is 2.24 bits per heavy atom. The summed E-state index contributed by atoms with van der Waals surface area (Å²) in [6, 6.07) is 5.27. The van der Waals surface area contributed by atoms with Crippen molar-refractivity contribution < 1.29 is 9.72 Å². The van der Waals surface area contributed by atoms with E-state index in [2.05, 4.69) is 5.32 Å².